The van der Waals surface area contributed by atoms with Gasteiger partial charge in [-0.15, -0.1) is 5.10 Å². The molecule has 8 nitrogen and oxygen atoms in total. The van der Waals surface area contributed by atoms with Gasteiger partial charge >= 0.3 is 6.03 Å². The number of rotatable bonds is 11. The highest BCUT2D eigenvalue weighted by Gasteiger charge is 2.42. The van der Waals surface area contributed by atoms with Crippen molar-refractivity contribution in [1.82, 2.24) is 30.4 Å². The number of amides is 2. The van der Waals surface area contributed by atoms with Gasteiger partial charge in [-0.2, -0.15) is 0 Å². The molecule has 2 aliphatic rings. The van der Waals surface area contributed by atoms with E-state index in [2.05, 4.69) is 20.6 Å². The van der Waals surface area contributed by atoms with Crippen LogP contribution in [0.2, 0.25) is 0 Å². The molecule has 1 unspecified atom stereocenters. The summed E-state index contributed by atoms with van der Waals surface area (Å²) in [5, 5.41) is 24.5. The summed E-state index contributed by atoms with van der Waals surface area (Å²) in [6.45, 7) is 1.41. The first kappa shape index (κ1) is 21.5. The maximum absolute atomic E-state index is 12.6. The smallest absolute Gasteiger partial charge is 0.320 e. The number of carbonyl (C=O) groups is 1. The molecule has 1 aromatic heterocycles. The summed E-state index contributed by atoms with van der Waals surface area (Å²) in [4.78, 5) is 16.3. The molecule has 2 aromatic rings. The van der Waals surface area contributed by atoms with E-state index in [0.29, 0.717) is 18.4 Å². The third-order valence-corrected chi connectivity index (χ3v) is 6.62. The predicted molar refractivity (Wildman–Crippen MR) is 117 cm³/mol. The highest BCUT2D eigenvalue weighted by molar-refractivity contribution is 5.77. The SMILES string of the molecule is CN1C[C@H](/C=C/C(O)Cc2ccccc2)N(CCCC2(CCc3nnn[nH]3)CC2)C1=O. The van der Waals surface area contributed by atoms with Gasteiger partial charge in [-0.3, -0.25) is 0 Å². The summed E-state index contributed by atoms with van der Waals surface area (Å²) in [7, 11) is 1.84. The molecule has 2 N–H and O–H groups in total. The molecule has 2 fully saturated rings. The minimum Gasteiger partial charge on any atom is -0.389 e. The zero-order valence-electron chi connectivity index (χ0n) is 18.2. The van der Waals surface area contributed by atoms with E-state index < -0.39 is 6.10 Å². The monoisotopic (exact) mass is 424 g/mol. The number of nitrogens with one attached hydrogen (secondary N) is 1. The van der Waals surface area contributed by atoms with Crippen LogP contribution in [-0.4, -0.2) is 73.8 Å². The van der Waals surface area contributed by atoms with Gasteiger partial charge in [-0.05, 0) is 53.5 Å². The van der Waals surface area contributed by atoms with Crippen LogP contribution in [-0.2, 0) is 12.8 Å². The van der Waals surface area contributed by atoms with Crippen molar-refractivity contribution < 1.29 is 9.90 Å². The van der Waals surface area contributed by atoms with Crippen LogP contribution in [0.4, 0.5) is 4.79 Å². The van der Waals surface area contributed by atoms with Crippen molar-refractivity contribution in [3.05, 3.63) is 53.9 Å². The lowest BCUT2D eigenvalue weighted by Crippen LogP contribution is -2.34. The summed E-state index contributed by atoms with van der Waals surface area (Å²) in [5.74, 6) is 0.849. The molecule has 0 spiro atoms. The maximum atomic E-state index is 12.6. The van der Waals surface area contributed by atoms with Gasteiger partial charge in [0.2, 0.25) is 0 Å². The second kappa shape index (κ2) is 9.60. The Morgan fingerprint density at radius 1 is 1.29 bits per heavy atom. The largest absolute Gasteiger partial charge is 0.389 e. The first-order valence-corrected chi connectivity index (χ1v) is 11.2. The van der Waals surface area contributed by atoms with E-state index in [4.69, 9.17) is 0 Å². The Balaban J connectivity index is 1.26. The molecule has 8 heteroatoms. The molecule has 31 heavy (non-hydrogen) atoms. The molecule has 1 aromatic carbocycles. The van der Waals surface area contributed by atoms with Crippen molar-refractivity contribution in [3.8, 4) is 0 Å². The van der Waals surface area contributed by atoms with Crippen LogP contribution in [0.25, 0.3) is 0 Å². The van der Waals surface area contributed by atoms with Gasteiger partial charge < -0.3 is 14.9 Å². The zero-order valence-corrected chi connectivity index (χ0v) is 18.2. The van der Waals surface area contributed by atoms with Gasteiger partial charge in [0.1, 0.15) is 5.82 Å². The average molecular weight is 425 g/mol. The number of aliphatic hydroxyl groups is 1. The number of nitrogens with zero attached hydrogens (tertiary/aromatic N) is 5. The molecular weight excluding hydrogens is 392 g/mol. The van der Waals surface area contributed by atoms with Crippen LogP contribution >= 0.6 is 0 Å². The number of hydrogen-bond acceptors (Lipinski definition) is 5. The lowest BCUT2D eigenvalue weighted by molar-refractivity contribution is 0.191. The standard InChI is InChI=1S/C23H32N6O2/c1-28-17-19(8-9-20(30)16-18-6-3-2-4-7-18)29(22(28)31)15-5-11-23(13-14-23)12-10-21-24-26-27-25-21/h2-4,6-9,19-20,30H,5,10-17H2,1H3,(H,24,25,26,27)/b9-8+/t19-,20?/m0/s1. The Bertz CT molecular complexity index is 865. The molecule has 1 saturated heterocycles. The van der Waals surface area contributed by atoms with Gasteiger partial charge in [0, 0.05) is 33.0 Å². The van der Waals surface area contributed by atoms with E-state index in [-0.39, 0.29) is 12.1 Å². The molecule has 0 bridgehead atoms. The Morgan fingerprint density at radius 2 is 2.10 bits per heavy atom. The van der Waals surface area contributed by atoms with E-state index in [1.165, 1.54) is 12.8 Å². The lowest BCUT2D eigenvalue weighted by Gasteiger charge is -2.23. The number of aromatic nitrogens is 4. The van der Waals surface area contributed by atoms with E-state index in [9.17, 15) is 9.90 Å². The summed E-state index contributed by atoms with van der Waals surface area (Å²) in [6.07, 6.45) is 10.4. The van der Waals surface area contributed by atoms with Crippen LogP contribution in [0, 0.1) is 5.41 Å². The van der Waals surface area contributed by atoms with Crippen molar-refractivity contribution in [2.75, 3.05) is 20.1 Å². The second-order valence-corrected chi connectivity index (χ2v) is 9.02. The van der Waals surface area contributed by atoms with Crippen molar-refractivity contribution in [2.24, 2.45) is 5.41 Å². The van der Waals surface area contributed by atoms with E-state index in [1.807, 2.05) is 54.4 Å². The minimum atomic E-state index is -0.550. The molecule has 1 aliphatic heterocycles. The van der Waals surface area contributed by atoms with Crippen molar-refractivity contribution in [1.29, 1.82) is 0 Å². The molecular formula is C23H32N6O2. The van der Waals surface area contributed by atoms with E-state index >= 15 is 0 Å². The molecule has 0 radical (unpaired) electrons. The Kier molecular flexibility index (Phi) is 6.65. The second-order valence-electron chi connectivity index (χ2n) is 9.02. The number of benzene rings is 1. The fourth-order valence-corrected chi connectivity index (χ4v) is 4.52. The maximum Gasteiger partial charge on any atom is 0.320 e. The summed E-state index contributed by atoms with van der Waals surface area (Å²) >= 11 is 0. The predicted octanol–water partition coefficient (Wildman–Crippen LogP) is 2.59. The van der Waals surface area contributed by atoms with Crippen molar-refractivity contribution in [2.45, 2.75) is 57.1 Å². The number of carbonyl (C=O) groups excluding carboxylic acids is 1. The van der Waals surface area contributed by atoms with Gasteiger partial charge in [-0.1, -0.05) is 42.5 Å². The lowest BCUT2D eigenvalue weighted by atomic mass is 9.94. The first-order chi connectivity index (χ1) is 15.0. The zero-order chi connectivity index (χ0) is 21.7. The topological polar surface area (TPSA) is 98.2 Å². The van der Waals surface area contributed by atoms with Crippen molar-refractivity contribution in [3.63, 3.8) is 0 Å². The fourth-order valence-electron chi connectivity index (χ4n) is 4.52. The third-order valence-electron chi connectivity index (χ3n) is 6.62. The number of aryl methyl sites for hydroxylation is 1. The fraction of sp³-hybridized carbons (Fsp3) is 0.565. The Morgan fingerprint density at radius 3 is 2.81 bits per heavy atom. The molecule has 2 amide bonds. The normalized spacial score (nSPS) is 21.2. The quantitative estimate of drug-likeness (QED) is 0.540. The summed E-state index contributed by atoms with van der Waals surface area (Å²) in [5.41, 5.74) is 1.49. The summed E-state index contributed by atoms with van der Waals surface area (Å²) < 4.78 is 0. The number of aliphatic hydroxyl groups excluding tert-OH is 1. The van der Waals surface area contributed by atoms with E-state index in [0.717, 1.165) is 43.6 Å². The molecule has 1 aliphatic carbocycles. The summed E-state index contributed by atoms with van der Waals surface area (Å²) in [6, 6.07) is 10.1. The number of urea groups is 1. The number of likely N-dealkylation sites (N-methyl/N-ethyl adjacent to an activating group) is 1. The molecule has 1 saturated carbocycles. The minimum absolute atomic E-state index is 0.0124. The van der Waals surface area contributed by atoms with Gasteiger partial charge in [0.25, 0.3) is 0 Å². The highest BCUT2D eigenvalue weighted by atomic mass is 16.3. The first-order valence-electron chi connectivity index (χ1n) is 11.2. The number of H-pyrrole nitrogens is 1. The molecule has 4 rings (SSSR count). The van der Waals surface area contributed by atoms with Crippen LogP contribution in [0.5, 0.6) is 0 Å². The molecule has 2 atom stereocenters. The molecule has 166 valence electrons. The van der Waals surface area contributed by atoms with Crippen LogP contribution in [0.1, 0.15) is 43.5 Å². The number of aromatic amines is 1. The Hall–Kier alpha value is -2.74. The third kappa shape index (κ3) is 5.70. The van der Waals surface area contributed by atoms with Crippen molar-refractivity contribution >= 4 is 6.03 Å². The van der Waals surface area contributed by atoms with Gasteiger partial charge in [-0.25, -0.2) is 9.89 Å². The number of hydrogen-bond donors (Lipinski definition) is 2. The Labute approximate surface area is 183 Å². The number of tetrazole rings is 1. The highest BCUT2D eigenvalue weighted by Crippen LogP contribution is 2.53. The average Bonchev–Trinajstić information content (AvgIpc) is 3.22. The van der Waals surface area contributed by atoms with Crippen LogP contribution < -0.4 is 0 Å². The van der Waals surface area contributed by atoms with Gasteiger partial charge in [0.05, 0.1) is 12.1 Å². The van der Waals surface area contributed by atoms with Gasteiger partial charge in [0.15, 0.2) is 0 Å². The van der Waals surface area contributed by atoms with Crippen LogP contribution in [0.3, 0.4) is 0 Å². The molecule has 2 heterocycles. The van der Waals surface area contributed by atoms with Crippen LogP contribution in [0.15, 0.2) is 42.5 Å². The van der Waals surface area contributed by atoms with E-state index in [1.54, 1.807) is 4.90 Å².